The van der Waals surface area contributed by atoms with Gasteiger partial charge in [-0.15, -0.1) is 0 Å². The van der Waals surface area contributed by atoms with Crippen LogP contribution < -0.4 is 5.32 Å². The Morgan fingerprint density at radius 1 is 0.844 bits per heavy atom. The summed E-state index contributed by atoms with van der Waals surface area (Å²) in [5.74, 6) is 0.181. The minimum atomic E-state index is -1.60. The van der Waals surface area contributed by atoms with Crippen LogP contribution in [0.15, 0.2) is 11.6 Å². The number of carbonyl (C=O) groups excluding carboxylic acids is 1. The predicted octanol–water partition coefficient (Wildman–Crippen LogP) is 3.04. The van der Waals surface area contributed by atoms with Crippen LogP contribution in [-0.2, 0) is 9.53 Å². The summed E-state index contributed by atoms with van der Waals surface area (Å²) in [7, 11) is 0. The molecular formula is C36H59NO8. The highest BCUT2D eigenvalue weighted by Gasteiger charge is 2.71. The summed E-state index contributed by atoms with van der Waals surface area (Å²) in [4.78, 5) is 14.5. The van der Waals surface area contributed by atoms with Gasteiger partial charge in [-0.25, -0.2) is 0 Å². The maximum absolute atomic E-state index is 14.5. The highest BCUT2D eigenvalue weighted by Crippen LogP contribution is 2.75. The van der Waals surface area contributed by atoms with Crippen molar-refractivity contribution in [1.82, 2.24) is 5.32 Å². The molecule has 1 heterocycles. The third-order valence-corrected chi connectivity index (χ3v) is 15.3. The van der Waals surface area contributed by atoms with Gasteiger partial charge in [0, 0.05) is 0 Å². The first-order chi connectivity index (χ1) is 20.8. The minimum absolute atomic E-state index is 0.0404. The van der Waals surface area contributed by atoms with Crippen molar-refractivity contribution >= 4 is 5.91 Å². The van der Waals surface area contributed by atoms with Crippen LogP contribution >= 0.6 is 0 Å². The zero-order valence-corrected chi connectivity index (χ0v) is 28.4. The molecule has 6 aliphatic rings. The van der Waals surface area contributed by atoms with Gasteiger partial charge in [-0.05, 0) is 103 Å². The summed E-state index contributed by atoms with van der Waals surface area (Å²) >= 11 is 0. The van der Waals surface area contributed by atoms with Gasteiger partial charge in [-0.2, -0.15) is 0 Å². The second kappa shape index (κ2) is 10.7. The van der Waals surface area contributed by atoms with Crippen LogP contribution in [-0.4, -0.2) is 86.0 Å². The molecule has 0 bridgehead atoms. The van der Waals surface area contributed by atoms with E-state index >= 15 is 0 Å². The maximum Gasteiger partial charge on any atom is 0.231 e. The van der Waals surface area contributed by atoms with Crippen LogP contribution in [0.3, 0.4) is 0 Å². The summed E-state index contributed by atoms with van der Waals surface area (Å²) in [5.41, 5.74) is -0.413. The first-order valence-electron chi connectivity index (χ1n) is 17.5. The number of aliphatic hydroxyl groups is 6. The Morgan fingerprint density at radius 2 is 1.53 bits per heavy atom. The third-order valence-electron chi connectivity index (χ3n) is 15.3. The number of nitrogens with one attached hydrogen (secondary N) is 1. The minimum Gasteiger partial charge on any atom is -0.394 e. The Hall–Kier alpha value is -1.07. The van der Waals surface area contributed by atoms with Gasteiger partial charge in [-0.1, -0.05) is 60.1 Å². The van der Waals surface area contributed by atoms with Gasteiger partial charge in [0.1, 0.15) is 24.4 Å². The quantitative estimate of drug-likeness (QED) is 0.234. The Bertz CT molecular complexity index is 1220. The molecule has 0 aromatic rings. The number of amides is 1. The molecule has 0 aromatic heterocycles. The van der Waals surface area contributed by atoms with E-state index in [2.05, 4.69) is 59.9 Å². The van der Waals surface area contributed by atoms with Crippen LogP contribution in [0, 0.1) is 50.2 Å². The topological polar surface area (TPSA) is 160 Å². The van der Waals surface area contributed by atoms with Crippen molar-refractivity contribution in [2.24, 2.45) is 50.2 Å². The highest BCUT2D eigenvalue weighted by molar-refractivity contribution is 5.85. The van der Waals surface area contributed by atoms with Crippen LogP contribution in [0.1, 0.15) is 106 Å². The van der Waals surface area contributed by atoms with E-state index in [4.69, 9.17) is 4.74 Å². The van der Waals surface area contributed by atoms with Gasteiger partial charge >= 0.3 is 0 Å². The summed E-state index contributed by atoms with van der Waals surface area (Å²) in [6.45, 7) is 15.6. The van der Waals surface area contributed by atoms with Crippen LogP contribution in [0.5, 0.6) is 0 Å². The first kappa shape index (κ1) is 33.8. The molecule has 1 aliphatic heterocycles. The van der Waals surface area contributed by atoms with Gasteiger partial charge in [0.05, 0.1) is 24.2 Å². The first-order valence-corrected chi connectivity index (χ1v) is 17.5. The number of rotatable bonds is 3. The fourth-order valence-electron chi connectivity index (χ4n) is 12.2. The van der Waals surface area contributed by atoms with E-state index in [1.165, 1.54) is 5.57 Å². The van der Waals surface area contributed by atoms with Gasteiger partial charge in [0.2, 0.25) is 5.91 Å². The lowest BCUT2D eigenvalue weighted by Crippen LogP contribution is -2.70. The van der Waals surface area contributed by atoms with Crippen molar-refractivity contribution < 1.29 is 40.2 Å². The second-order valence-corrected chi connectivity index (χ2v) is 18.1. The molecule has 0 radical (unpaired) electrons. The molecule has 0 aromatic carbocycles. The molecule has 6 rings (SSSR count). The molecule has 9 nitrogen and oxygen atoms in total. The summed E-state index contributed by atoms with van der Waals surface area (Å²) in [6, 6.07) is 0. The lowest BCUT2D eigenvalue weighted by atomic mass is 9.33. The van der Waals surface area contributed by atoms with E-state index in [9.17, 15) is 35.4 Å². The van der Waals surface area contributed by atoms with Crippen molar-refractivity contribution in [3.63, 3.8) is 0 Å². The van der Waals surface area contributed by atoms with E-state index < -0.39 is 54.7 Å². The zero-order chi connectivity index (χ0) is 33.1. The monoisotopic (exact) mass is 633 g/mol. The molecule has 5 fully saturated rings. The number of hydrogen-bond acceptors (Lipinski definition) is 8. The number of allylic oxidation sites excluding steroid dienone is 2. The highest BCUT2D eigenvalue weighted by atomic mass is 16.6. The van der Waals surface area contributed by atoms with Crippen molar-refractivity contribution in [1.29, 1.82) is 0 Å². The number of ether oxygens (including phenoxy) is 1. The lowest BCUT2D eigenvalue weighted by molar-refractivity contribution is -0.240. The standard InChI is InChI=1S/C36H59NO8/c1-31(2)14-15-36(30(44)37-29-28(43)27(42)26(41)21(18-38)45-29)20(16-31)19-8-9-23-33(5)12-11-24(39)32(3,4)22(33)10-13-34(23,6)35(19,7)17-25(36)40/h8,20-29,38-43H,9-18H2,1-7H3,(H,37,44)/t20-,21+,22-,23+,24-,25+,26-,27-,28+,29+,33-,34+,35+,36+/m0/s1. The number of carbonyl (C=O) groups is 1. The molecule has 5 aliphatic carbocycles. The second-order valence-electron chi connectivity index (χ2n) is 18.1. The van der Waals surface area contributed by atoms with Crippen LogP contribution in [0.2, 0.25) is 0 Å². The predicted molar refractivity (Wildman–Crippen MR) is 168 cm³/mol. The Labute approximate surface area is 268 Å². The summed E-state index contributed by atoms with van der Waals surface area (Å²) in [5, 5.41) is 67.4. The molecule has 4 saturated carbocycles. The number of aliphatic hydroxyl groups excluding tert-OH is 6. The van der Waals surface area contributed by atoms with Crippen LogP contribution in [0.4, 0.5) is 0 Å². The third kappa shape index (κ3) is 4.54. The number of hydrogen-bond donors (Lipinski definition) is 7. The van der Waals surface area contributed by atoms with E-state index in [1.54, 1.807) is 0 Å². The molecule has 1 amide bonds. The largest absolute Gasteiger partial charge is 0.394 e. The maximum atomic E-state index is 14.5. The summed E-state index contributed by atoms with van der Waals surface area (Å²) in [6.07, 6.45) is 1.21. The van der Waals surface area contributed by atoms with Gasteiger partial charge in [0.15, 0.2) is 6.23 Å². The fraction of sp³-hybridized carbons (Fsp3) is 0.917. The van der Waals surface area contributed by atoms with E-state index in [0.717, 1.165) is 44.9 Å². The molecule has 0 spiro atoms. The van der Waals surface area contributed by atoms with Gasteiger partial charge < -0.3 is 40.7 Å². The van der Waals surface area contributed by atoms with Crippen molar-refractivity contribution in [3.05, 3.63) is 11.6 Å². The Balaban J connectivity index is 1.38. The zero-order valence-electron chi connectivity index (χ0n) is 28.4. The molecule has 1 saturated heterocycles. The molecule has 7 N–H and O–H groups in total. The van der Waals surface area contributed by atoms with Crippen molar-refractivity contribution in [2.75, 3.05) is 6.61 Å². The lowest BCUT2D eigenvalue weighted by Gasteiger charge is -2.71. The molecule has 9 heteroatoms. The normalized spacial score (nSPS) is 53.6. The SMILES string of the molecule is CC1(C)CC[C@]2(C(=O)N[C@@H]3O[C@H](CO)[C@H](O)[C@H](O)[C@H]3O)[C@H](O)C[C@]3(C)C(=CC[C@@H]4[C@@]5(C)CC[C@H](O)C(C)(C)[C@@H]5CC[C@]43C)[C@@H]2C1. The van der Waals surface area contributed by atoms with E-state index in [1.807, 2.05) is 0 Å². The fourth-order valence-corrected chi connectivity index (χ4v) is 12.2. The molecule has 45 heavy (non-hydrogen) atoms. The Morgan fingerprint density at radius 3 is 2.20 bits per heavy atom. The molecule has 14 atom stereocenters. The average Bonchev–Trinajstić information content (AvgIpc) is 2.95. The van der Waals surface area contributed by atoms with Crippen molar-refractivity contribution in [2.45, 2.75) is 149 Å². The number of fused-ring (bicyclic) bond motifs is 7. The molecule has 256 valence electrons. The molecule has 0 unspecified atom stereocenters. The average molecular weight is 634 g/mol. The van der Waals surface area contributed by atoms with Gasteiger partial charge in [-0.3, -0.25) is 4.79 Å². The Kier molecular flexibility index (Phi) is 8.05. The van der Waals surface area contributed by atoms with E-state index in [-0.39, 0.29) is 39.1 Å². The summed E-state index contributed by atoms with van der Waals surface area (Å²) < 4.78 is 5.69. The van der Waals surface area contributed by atoms with Gasteiger partial charge in [0.25, 0.3) is 0 Å². The van der Waals surface area contributed by atoms with Crippen molar-refractivity contribution in [3.8, 4) is 0 Å². The molecular weight excluding hydrogens is 574 g/mol. The van der Waals surface area contributed by atoms with E-state index in [0.29, 0.717) is 24.7 Å². The smallest absolute Gasteiger partial charge is 0.231 e. The van der Waals surface area contributed by atoms with Crippen LogP contribution in [0.25, 0.3) is 0 Å².